The van der Waals surface area contributed by atoms with Crippen molar-refractivity contribution in [2.24, 2.45) is 0 Å². The molecule has 3 heterocycles. The lowest BCUT2D eigenvalue weighted by Crippen LogP contribution is -2.28. The maximum Gasteiger partial charge on any atom is 0.282 e. The molecule has 0 atom stereocenters. The first kappa shape index (κ1) is 16.9. The average molecular weight is 377 g/mol. The van der Waals surface area contributed by atoms with E-state index in [9.17, 15) is 4.79 Å². The number of H-pyrrole nitrogens is 1. The summed E-state index contributed by atoms with van der Waals surface area (Å²) in [5.74, 6) is -0.294. The molecule has 0 bridgehead atoms. The Morgan fingerprint density at radius 1 is 1.07 bits per heavy atom. The number of aromatic amines is 1. The lowest BCUT2D eigenvalue weighted by molar-refractivity contribution is 0.620. The Balaban J connectivity index is 1.67. The highest BCUT2D eigenvalue weighted by atomic mass is 19.1. The number of rotatable bonds is 2. The van der Waals surface area contributed by atoms with Crippen LogP contribution in [0.2, 0.25) is 0 Å². The van der Waals surface area contributed by atoms with Crippen LogP contribution < -0.4 is 15.8 Å². The van der Waals surface area contributed by atoms with Crippen molar-refractivity contribution in [3.63, 3.8) is 0 Å². The first-order chi connectivity index (χ1) is 13.7. The smallest absolute Gasteiger partial charge is 0.282 e. The van der Waals surface area contributed by atoms with E-state index in [0.29, 0.717) is 28.0 Å². The van der Waals surface area contributed by atoms with Gasteiger partial charge in [-0.3, -0.25) is 4.79 Å². The maximum atomic E-state index is 15.0. The second-order valence-corrected chi connectivity index (χ2v) is 7.04. The van der Waals surface area contributed by atoms with Gasteiger partial charge in [0.05, 0.1) is 16.9 Å². The number of aromatic nitrogens is 3. The molecule has 3 aliphatic heterocycles. The molecule has 0 radical (unpaired) electrons. The molecule has 0 saturated carbocycles. The molecule has 2 N–H and O–H groups in total. The Bertz CT molecular complexity index is 1160. The van der Waals surface area contributed by atoms with Gasteiger partial charge in [-0.1, -0.05) is 18.2 Å². The molecule has 0 unspecified atom stereocenters. The molecule has 28 heavy (non-hydrogen) atoms. The minimum Gasteiger partial charge on any atom is -0.368 e. The number of halogens is 1. The Hall–Kier alpha value is -3.19. The van der Waals surface area contributed by atoms with E-state index in [1.165, 1.54) is 10.7 Å². The van der Waals surface area contributed by atoms with Crippen molar-refractivity contribution in [3.05, 3.63) is 64.8 Å². The Morgan fingerprint density at radius 3 is 2.79 bits per heavy atom. The highest BCUT2D eigenvalue weighted by molar-refractivity contribution is 5.95. The Kier molecular flexibility index (Phi) is 4.09. The fraction of sp³-hybridized carbons (Fsp3) is 0.238. The normalized spacial score (nSPS) is 15.2. The number of fused-ring (bicyclic) bond motifs is 3. The fourth-order valence-corrected chi connectivity index (χ4v) is 3.84. The zero-order valence-electron chi connectivity index (χ0n) is 15.3. The van der Waals surface area contributed by atoms with E-state index in [0.717, 1.165) is 38.1 Å². The van der Waals surface area contributed by atoms with E-state index in [-0.39, 0.29) is 11.4 Å². The highest BCUT2D eigenvalue weighted by Crippen LogP contribution is 2.31. The number of benzene rings is 2. The van der Waals surface area contributed by atoms with Gasteiger partial charge < -0.3 is 15.2 Å². The summed E-state index contributed by atoms with van der Waals surface area (Å²) in [6.07, 6.45) is 2.64. The van der Waals surface area contributed by atoms with Crippen LogP contribution >= 0.6 is 0 Å². The van der Waals surface area contributed by atoms with Crippen LogP contribution in [-0.2, 0) is 0 Å². The molecule has 2 aromatic rings. The monoisotopic (exact) mass is 377 g/mol. The van der Waals surface area contributed by atoms with Crippen LogP contribution in [0.4, 0.5) is 10.1 Å². The fourth-order valence-electron chi connectivity index (χ4n) is 3.84. The van der Waals surface area contributed by atoms with Crippen LogP contribution in [0.25, 0.3) is 27.8 Å². The molecule has 1 saturated heterocycles. The lowest BCUT2D eigenvalue weighted by atomic mass is 10.1. The molecule has 1 fully saturated rings. The largest absolute Gasteiger partial charge is 0.368 e. The summed E-state index contributed by atoms with van der Waals surface area (Å²) in [4.78, 5) is 18.0. The third-order valence-corrected chi connectivity index (χ3v) is 5.27. The summed E-state index contributed by atoms with van der Waals surface area (Å²) in [5.41, 5.74) is 2.76. The average Bonchev–Trinajstić information content (AvgIpc) is 2.89. The maximum absolute atomic E-state index is 15.0. The number of para-hydroxylation sites is 1. The van der Waals surface area contributed by atoms with Crippen molar-refractivity contribution >= 4 is 16.6 Å². The number of nitrogens with zero attached hydrogens (tertiary/aromatic N) is 3. The molecular weight excluding hydrogens is 357 g/mol. The van der Waals surface area contributed by atoms with Gasteiger partial charge in [-0.25, -0.2) is 4.39 Å². The Morgan fingerprint density at radius 2 is 1.93 bits per heavy atom. The molecule has 142 valence electrons. The van der Waals surface area contributed by atoms with Crippen LogP contribution in [0.3, 0.4) is 0 Å². The second-order valence-electron chi connectivity index (χ2n) is 7.04. The van der Waals surface area contributed by atoms with Crippen LogP contribution in [0.5, 0.6) is 0 Å². The summed E-state index contributed by atoms with van der Waals surface area (Å²) in [7, 11) is 0. The molecule has 0 spiro atoms. The quantitative estimate of drug-likeness (QED) is 0.564. The molecule has 6 nitrogen and oxygen atoms in total. The van der Waals surface area contributed by atoms with Gasteiger partial charge in [-0.2, -0.15) is 9.78 Å². The predicted molar refractivity (Wildman–Crippen MR) is 108 cm³/mol. The van der Waals surface area contributed by atoms with Gasteiger partial charge >= 0.3 is 0 Å². The first-order valence-electron chi connectivity index (χ1n) is 9.47. The van der Waals surface area contributed by atoms with Gasteiger partial charge in [0.2, 0.25) is 0 Å². The first-order valence-corrected chi connectivity index (χ1v) is 9.47. The summed E-state index contributed by atoms with van der Waals surface area (Å²) in [6.45, 7) is 3.35. The van der Waals surface area contributed by atoms with Crippen LogP contribution in [-0.4, -0.2) is 40.9 Å². The van der Waals surface area contributed by atoms with E-state index in [2.05, 4.69) is 20.3 Å². The highest BCUT2D eigenvalue weighted by Gasteiger charge is 2.21. The molecule has 0 aliphatic carbocycles. The van der Waals surface area contributed by atoms with Gasteiger partial charge in [0.25, 0.3) is 5.56 Å². The van der Waals surface area contributed by atoms with Crippen molar-refractivity contribution in [1.29, 1.82) is 0 Å². The third kappa shape index (κ3) is 2.75. The van der Waals surface area contributed by atoms with Crippen LogP contribution in [0.15, 0.2) is 53.5 Å². The zero-order valence-corrected chi connectivity index (χ0v) is 15.3. The molecule has 0 amide bonds. The van der Waals surface area contributed by atoms with Crippen LogP contribution in [0.1, 0.15) is 6.42 Å². The van der Waals surface area contributed by atoms with Gasteiger partial charge in [-0.15, -0.1) is 0 Å². The van der Waals surface area contributed by atoms with E-state index in [4.69, 9.17) is 0 Å². The van der Waals surface area contributed by atoms with E-state index < -0.39 is 0 Å². The summed E-state index contributed by atoms with van der Waals surface area (Å²) < 4.78 is 16.4. The van der Waals surface area contributed by atoms with E-state index in [1.54, 1.807) is 6.20 Å². The van der Waals surface area contributed by atoms with E-state index in [1.807, 2.05) is 36.4 Å². The summed E-state index contributed by atoms with van der Waals surface area (Å²) in [5, 5.41) is 8.45. The van der Waals surface area contributed by atoms with Crippen molar-refractivity contribution in [2.45, 2.75) is 6.42 Å². The summed E-state index contributed by atoms with van der Waals surface area (Å²) in [6, 6.07) is 12.6. The molecule has 5 rings (SSSR count). The number of hydrogen-bond donors (Lipinski definition) is 2. The number of hydrogen-bond acceptors (Lipinski definition) is 4. The molecule has 3 aliphatic rings. The Labute approximate surface area is 160 Å². The van der Waals surface area contributed by atoms with Crippen LogP contribution in [0, 0.1) is 5.82 Å². The molecule has 7 heteroatoms. The minimum absolute atomic E-state index is 0.220. The second kappa shape index (κ2) is 6.76. The summed E-state index contributed by atoms with van der Waals surface area (Å²) >= 11 is 0. The standard InChI is InChI=1S/C21H20FN5O/c22-17-11-15-18(12-19(17)26-9-4-7-23-8-10-26)24-13-16-20(15)25-27(21(16)28)14-5-2-1-3-6-14/h1-3,5-6,11-13,23-24H,4,7-10H2. The number of anilines is 1. The lowest BCUT2D eigenvalue weighted by Gasteiger charge is -2.23. The number of pyridine rings is 1. The van der Waals surface area contributed by atoms with Gasteiger partial charge in [0.15, 0.2) is 0 Å². The van der Waals surface area contributed by atoms with Gasteiger partial charge in [-0.05, 0) is 37.2 Å². The topological polar surface area (TPSA) is 66.0 Å². The zero-order chi connectivity index (χ0) is 19.1. The van der Waals surface area contributed by atoms with Crippen molar-refractivity contribution in [3.8, 4) is 16.9 Å². The van der Waals surface area contributed by atoms with Gasteiger partial charge in [0, 0.05) is 36.7 Å². The van der Waals surface area contributed by atoms with Crippen molar-refractivity contribution in [1.82, 2.24) is 20.1 Å². The number of nitrogens with one attached hydrogen (secondary N) is 2. The minimum atomic E-state index is -0.294. The molecule has 2 aromatic carbocycles. The molecule has 0 aromatic heterocycles. The van der Waals surface area contributed by atoms with Crippen molar-refractivity contribution < 1.29 is 4.39 Å². The van der Waals surface area contributed by atoms with Gasteiger partial charge in [0.1, 0.15) is 11.5 Å². The predicted octanol–water partition coefficient (Wildman–Crippen LogP) is 2.76. The SMILES string of the molecule is O=c1c2c[nH]c3cc(N4CCCNCC4)c(F)cc3c-2nn1-c1ccccc1. The van der Waals surface area contributed by atoms with E-state index >= 15 is 4.39 Å². The van der Waals surface area contributed by atoms with Crippen molar-refractivity contribution in [2.75, 3.05) is 31.1 Å². The third-order valence-electron chi connectivity index (χ3n) is 5.27. The molecular formula is C21H20FN5O.